The Kier molecular flexibility index (Phi) is 5.67. The molecule has 15 heavy (non-hydrogen) atoms. The number of nitrogens with zero attached hydrogens (tertiary/aromatic N) is 1. The molecule has 1 aliphatic heterocycles. The van der Waals surface area contributed by atoms with Crippen LogP contribution >= 0.6 is 0 Å². The molecular weight excluding hydrogens is 190 g/mol. The lowest BCUT2D eigenvalue weighted by molar-refractivity contribution is -0.102. The molecule has 0 aromatic heterocycles. The van der Waals surface area contributed by atoms with Gasteiger partial charge in [-0.2, -0.15) is 5.26 Å². The van der Waals surface area contributed by atoms with E-state index in [2.05, 4.69) is 19.9 Å². The summed E-state index contributed by atoms with van der Waals surface area (Å²) in [6.45, 7) is 4.98. The average molecular weight is 211 g/mol. The van der Waals surface area contributed by atoms with E-state index in [1.165, 1.54) is 0 Å². The van der Waals surface area contributed by atoms with Crippen molar-refractivity contribution in [3.8, 4) is 6.07 Å². The maximum Gasteiger partial charge on any atom is 0.0624 e. The van der Waals surface area contributed by atoms with Crippen LogP contribution in [-0.4, -0.2) is 24.9 Å². The predicted octanol–water partition coefficient (Wildman–Crippen LogP) is 2.65. The Morgan fingerprint density at radius 1 is 1.27 bits per heavy atom. The SMILES string of the molecule is CC1CC(OCCCCC#N)CC(C)O1. The minimum absolute atomic E-state index is 0.317. The number of hydrogen-bond donors (Lipinski definition) is 0. The molecule has 2 atom stereocenters. The van der Waals surface area contributed by atoms with Crippen molar-refractivity contribution >= 4 is 0 Å². The van der Waals surface area contributed by atoms with Crippen LogP contribution in [0.2, 0.25) is 0 Å². The van der Waals surface area contributed by atoms with Gasteiger partial charge in [-0.25, -0.2) is 0 Å². The second-order valence-electron chi connectivity index (χ2n) is 4.34. The highest BCUT2D eigenvalue weighted by molar-refractivity contribution is 4.74. The van der Waals surface area contributed by atoms with Gasteiger partial charge in [0, 0.05) is 13.0 Å². The zero-order valence-corrected chi connectivity index (χ0v) is 9.74. The van der Waals surface area contributed by atoms with Gasteiger partial charge in [0.1, 0.15) is 0 Å². The summed E-state index contributed by atoms with van der Waals surface area (Å²) in [6, 6.07) is 2.14. The molecule has 1 fully saturated rings. The van der Waals surface area contributed by atoms with Gasteiger partial charge in [-0.1, -0.05) is 0 Å². The van der Waals surface area contributed by atoms with Crippen LogP contribution in [0.25, 0.3) is 0 Å². The van der Waals surface area contributed by atoms with Crippen LogP contribution in [0.3, 0.4) is 0 Å². The molecule has 1 saturated heterocycles. The topological polar surface area (TPSA) is 42.2 Å². The second-order valence-corrected chi connectivity index (χ2v) is 4.34. The van der Waals surface area contributed by atoms with Crippen molar-refractivity contribution in [2.24, 2.45) is 0 Å². The normalized spacial score (nSPS) is 31.1. The van der Waals surface area contributed by atoms with Crippen LogP contribution in [0.1, 0.15) is 46.0 Å². The lowest BCUT2D eigenvalue weighted by Gasteiger charge is -2.31. The number of rotatable bonds is 5. The second kappa shape index (κ2) is 6.81. The maximum absolute atomic E-state index is 8.38. The molecular formula is C12H21NO2. The zero-order chi connectivity index (χ0) is 11.1. The number of unbranched alkanes of at least 4 members (excludes halogenated alkanes) is 2. The van der Waals surface area contributed by atoms with Crippen LogP contribution in [0.4, 0.5) is 0 Å². The molecule has 2 unspecified atom stereocenters. The molecule has 0 aliphatic carbocycles. The van der Waals surface area contributed by atoms with E-state index < -0.39 is 0 Å². The van der Waals surface area contributed by atoms with Gasteiger partial charge in [0.25, 0.3) is 0 Å². The van der Waals surface area contributed by atoms with Crippen LogP contribution in [0.5, 0.6) is 0 Å². The first kappa shape index (κ1) is 12.5. The zero-order valence-electron chi connectivity index (χ0n) is 9.74. The molecule has 3 heteroatoms. The van der Waals surface area contributed by atoms with E-state index in [9.17, 15) is 0 Å². The van der Waals surface area contributed by atoms with Gasteiger partial charge in [-0.3, -0.25) is 0 Å². The molecule has 0 spiro atoms. The van der Waals surface area contributed by atoms with Crippen molar-refractivity contribution < 1.29 is 9.47 Å². The summed E-state index contributed by atoms with van der Waals surface area (Å²) < 4.78 is 11.4. The van der Waals surface area contributed by atoms with E-state index in [0.29, 0.717) is 24.7 Å². The number of nitriles is 1. The van der Waals surface area contributed by atoms with Gasteiger partial charge in [-0.05, 0) is 39.5 Å². The standard InChI is InChI=1S/C12H21NO2/c1-10-8-12(9-11(2)15-10)14-7-5-3-4-6-13/h10-12H,3-5,7-9H2,1-2H3. The fourth-order valence-electron chi connectivity index (χ4n) is 2.04. The first-order valence-corrected chi connectivity index (χ1v) is 5.86. The first-order chi connectivity index (χ1) is 7.22. The molecule has 0 aromatic carbocycles. The van der Waals surface area contributed by atoms with Crippen molar-refractivity contribution in [1.82, 2.24) is 0 Å². The minimum atomic E-state index is 0.317. The lowest BCUT2D eigenvalue weighted by atomic mass is 10.0. The van der Waals surface area contributed by atoms with E-state index in [4.69, 9.17) is 14.7 Å². The van der Waals surface area contributed by atoms with Gasteiger partial charge in [0.2, 0.25) is 0 Å². The third kappa shape index (κ3) is 5.15. The molecule has 1 rings (SSSR count). The summed E-state index contributed by atoms with van der Waals surface area (Å²) in [6.07, 6.45) is 5.58. The fraction of sp³-hybridized carbons (Fsp3) is 0.917. The Balaban J connectivity index is 2.08. The van der Waals surface area contributed by atoms with E-state index in [1.807, 2.05) is 0 Å². The van der Waals surface area contributed by atoms with Crippen LogP contribution in [0, 0.1) is 11.3 Å². The first-order valence-electron chi connectivity index (χ1n) is 5.86. The molecule has 0 amide bonds. The largest absolute Gasteiger partial charge is 0.378 e. The summed E-state index contributed by atoms with van der Waals surface area (Å²) in [4.78, 5) is 0. The Morgan fingerprint density at radius 3 is 2.53 bits per heavy atom. The van der Waals surface area contributed by atoms with E-state index >= 15 is 0 Å². The monoisotopic (exact) mass is 211 g/mol. The van der Waals surface area contributed by atoms with Gasteiger partial charge < -0.3 is 9.47 Å². The van der Waals surface area contributed by atoms with E-state index in [1.54, 1.807) is 0 Å². The molecule has 1 aliphatic rings. The molecule has 1 heterocycles. The molecule has 0 aromatic rings. The van der Waals surface area contributed by atoms with Crippen LogP contribution in [0.15, 0.2) is 0 Å². The summed E-state index contributed by atoms with van der Waals surface area (Å²) >= 11 is 0. The summed E-state index contributed by atoms with van der Waals surface area (Å²) in [5.41, 5.74) is 0. The smallest absolute Gasteiger partial charge is 0.0624 e. The minimum Gasteiger partial charge on any atom is -0.378 e. The van der Waals surface area contributed by atoms with E-state index in [-0.39, 0.29) is 0 Å². The van der Waals surface area contributed by atoms with Crippen LogP contribution in [-0.2, 0) is 9.47 Å². The molecule has 0 saturated carbocycles. The number of ether oxygens (including phenoxy) is 2. The number of hydrogen-bond acceptors (Lipinski definition) is 3. The molecule has 0 bridgehead atoms. The molecule has 0 N–H and O–H groups in total. The Bertz CT molecular complexity index is 202. The van der Waals surface area contributed by atoms with Gasteiger partial charge in [-0.15, -0.1) is 0 Å². The van der Waals surface area contributed by atoms with Crippen molar-refractivity contribution in [1.29, 1.82) is 5.26 Å². The Morgan fingerprint density at radius 2 is 1.93 bits per heavy atom. The summed E-state index contributed by atoms with van der Waals surface area (Å²) in [7, 11) is 0. The quantitative estimate of drug-likeness (QED) is 0.656. The molecule has 3 nitrogen and oxygen atoms in total. The summed E-state index contributed by atoms with van der Waals surface area (Å²) in [5.74, 6) is 0. The molecule has 86 valence electrons. The third-order valence-electron chi connectivity index (χ3n) is 2.69. The highest BCUT2D eigenvalue weighted by Gasteiger charge is 2.24. The predicted molar refractivity (Wildman–Crippen MR) is 58.4 cm³/mol. The van der Waals surface area contributed by atoms with Crippen molar-refractivity contribution in [3.05, 3.63) is 0 Å². The fourth-order valence-corrected chi connectivity index (χ4v) is 2.04. The van der Waals surface area contributed by atoms with Gasteiger partial charge >= 0.3 is 0 Å². The van der Waals surface area contributed by atoms with Gasteiger partial charge in [0.15, 0.2) is 0 Å². The highest BCUT2D eigenvalue weighted by atomic mass is 16.5. The third-order valence-corrected chi connectivity index (χ3v) is 2.69. The van der Waals surface area contributed by atoms with Crippen LogP contribution < -0.4 is 0 Å². The average Bonchev–Trinajstić information content (AvgIpc) is 2.16. The Hall–Kier alpha value is -0.590. The highest BCUT2D eigenvalue weighted by Crippen LogP contribution is 2.21. The van der Waals surface area contributed by atoms with Crippen molar-refractivity contribution in [2.45, 2.75) is 64.3 Å². The lowest BCUT2D eigenvalue weighted by Crippen LogP contribution is -2.34. The summed E-state index contributed by atoms with van der Waals surface area (Å²) in [5, 5.41) is 8.38. The van der Waals surface area contributed by atoms with Crippen molar-refractivity contribution in [2.75, 3.05) is 6.61 Å². The molecule has 0 radical (unpaired) electrons. The van der Waals surface area contributed by atoms with E-state index in [0.717, 1.165) is 32.3 Å². The van der Waals surface area contributed by atoms with Gasteiger partial charge in [0.05, 0.1) is 24.4 Å². The maximum atomic E-state index is 8.38. The van der Waals surface area contributed by atoms with Crippen molar-refractivity contribution in [3.63, 3.8) is 0 Å². The Labute approximate surface area is 92.4 Å².